The first-order valence-electron chi connectivity index (χ1n) is 16.1. The second-order valence-electron chi connectivity index (χ2n) is 12.9. The molecule has 0 bridgehead atoms. The zero-order valence-electron chi connectivity index (χ0n) is 26.4. The molecule has 5 heterocycles. The van der Waals surface area contributed by atoms with Crippen LogP contribution in [0.5, 0.6) is 0 Å². The summed E-state index contributed by atoms with van der Waals surface area (Å²) in [5.41, 5.74) is 2.55. The first kappa shape index (κ1) is 30.5. The Labute approximate surface area is 272 Å². The Morgan fingerprint density at radius 1 is 1.00 bits per heavy atom. The molecular weight excluding hydrogens is 597 g/mol. The number of hydrogen-bond acceptors (Lipinski definition) is 7. The number of aromatic nitrogens is 4. The highest BCUT2D eigenvalue weighted by atomic mass is 32.1. The van der Waals surface area contributed by atoms with Crippen LogP contribution in [-0.4, -0.2) is 71.7 Å². The summed E-state index contributed by atoms with van der Waals surface area (Å²) < 4.78 is 3.41. The molecule has 2 aliphatic heterocycles. The molecule has 7 rings (SSSR count). The summed E-state index contributed by atoms with van der Waals surface area (Å²) in [6.07, 6.45) is 5.00. The van der Waals surface area contributed by atoms with Crippen molar-refractivity contribution in [2.45, 2.75) is 57.7 Å². The number of carbonyl (C=O) groups is 1. The summed E-state index contributed by atoms with van der Waals surface area (Å²) in [5.74, 6) is 0.150. The number of carbonyl (C=O) groups excluding carboxylic acids is 1. The number of thiazole rings is 1. The van der Waals surface area contributed by atoms with Gasteiger partial charge in [0.2, 0.25) is 5.91 Å². The van der Waals surface area contributed by atoms with Crippen molar-refractivity contribution in [3.05, 3.63) is 111 Å². The van der Waals surface area contributed by atoms with Gasteiger partial charge in [0.05, 0.1) is 28.2 Å². The molecule has 2 fully saturated rings. The normalized spacial score (nSPS) is 20.3. The number of hydrogen-bond donors (Lipinski definition) is 1. The van der Waals surface area contributed by atoms with Gasteiger partial charge < -0.3 is 14.6 Å². The fourth-order valence-corrected chi connectivity index (χ4v) is 8.22. The van der Waals surface area contributed by atoms with Crippen molar-refractivity contribution < 1.29 is 9.90 Å². The van der Waals surface area contributed by atoms with Gasteiger partial charge in [-0.1, -0.05) is 48.5 Å². The number of benzene rings is 2. The minimum absolute atomic E-state index is 0.0946. The Balaban J connectivity index is 1.03. The van der Waals surface area contributed by atoms with E-state index in [-0.39, 0.29) is 29.8 Å². The molecule has 0 saturated carbocycles. The lowest BCUT2D eigenvalue weighted by Crippen LogP contribution is -2.53. The lowest BCUT2D eigenvalue weighted by Gasteiger charge is -2.43. The summed E-state index contributed by atoms with van der Waals surface area (Å²) in [6.45, 7) is 7.74. The fraction of sp³-hybridized carbons (Fsp3) is 0.389. The number of aryl methyl sites for hydroxylation is 2. The van der Waals surface area contributed by atoms with Gasteiger partial charge in [-0.3, -0.25) is 19.1 Å². The van der Waals surface area contributed by atoms with Gasteiger partial charge >= 0.3 is 0 Å². The Bertz CT molecular complexity index is 1890. The van der Waals surface area contributed by atoms with Crippen molar-refractivity contribution in [1.82, 2.24) is 28.9 Å². The minimum Gasteiger partial charge on any atom is -0.388 e. The van der Waals surface area contributed by atoms with Crippen LogP contribution in [0, 0.1) is 19.8 Å². The van der Waals surface area contributed by atoms with Gasteiger partial charge in [-0.15, -0.1) is 11.3 Å². The number of rotatable bonds is 7. The maximum absolute atomic E-state index is 14.1. The number of amides is 1. The van der Waals surface area contributed by atoms with Crippen molar-refractivity contribution in [2.24, 2.45) is 5.92 Å². The smallest absolute Gasteiger partial charge is 0.262 e. The Morgan fingerprint density at radius 3 is 2.41 bits per heavy atom. The van der Waals surface area contributed by atoms with Gasteiger partial charge in [-0.2, -0.15) is 0 Å². The van der Waals surface area contributed by atoms with Crippen LogP contribution < -0.4 is 5.56 Å². The summed E-state index contributed by atoms with van der Waals surface area (Å²) in [4.78, 5) is 42.4. The van der Waals surface area contributed by atoms with E-state index >= 15 is 0 Å². The van der Waals surface area contributed by atoms with Gasteiger partial charge in [0.15, 0.2) is 5.65 Å². The van der Waals surface area contributed by atoms with E-state index < -0.39 is 5.60 Å². The van der Waals surface area contributed by atoms with E-state index in [1.807, 2.05) is 52.1 Å². The molecule has 5 aromatic rings. The molecule has 1 amide bonds. The second-order valence-corrected chi connectivity index (χ2v) is 14.2. The largest absolute Gasteiger partial charge is 0.388 e. The number of piperidine rings is 2. The first-order chi connectivity index (χ1) is 22.3. The van der Waals surface area contributed by atoms with Crippen molar-refractivity contribution in [3.8, 4) is 5.69 Å². The van der Waals surface area contributed by atoms with Gasteiger partial charge in [0.1, 0.15) is 6.33 Å². The topological polar surface area (TPSA) is 96.5 Å². The molecule has 2 aliphatic rings. The van der Waals surface area contributed by atoms with Gasteiger partial charge in [-0.25, -0.2) is 9.97 Å². The van der Waals surface area contributed by atoms with Crippen LogP contribution in [0.4, 0.5) is 0 Å². The molecule has 2 aromatic carbocycles. The number of likely N-dealkylation sites (tertiary alicyclic amines) is 2. The van der Waals surface area contributed by atoms with E-state index in [1.165, 1.54) is 21.3 Å². The van der Waals surface area contributed by atoms with E-state index in [1.54, 1.807) is 17.4 Å². The summed E-state index contributed by atoms with van der Waals surface area (Å²) >= 11 is 1.76. The molecular formula is C36H40N6O3S. The monoisotopic (exact) mass is 636 g/mol. The third kappa shape index (κ3) is 6.04. The number of para-hydroxylation sites is 1. The molecule has 0 spiro atoms. The van der Waals surface area contributed by atoms with E-state index in [0.717, 1.165) is 42.4 Å². The van der Waals surface area contributed by atoms with Gasteiger partial charge in [0.25, 0.3) is 5.56 Å². The molecule has 238 valence electrons. The lowest BCUT2D eigenvalue weighted by atomic mass is 9.79. The van der Waals surface area contributed by atoms with Crippen LogP contribution in [0.1, 0.15) is 46.3 Å². The Kier molecular flexibility index (Phi) is 8.35. The van der Waals surface area contributed by atoms with Crippen LogP contribution in [-0.2, 0) is 17.9 Å². The third-order valence-corrected chi connectivity index (χ3v) is 10.8. The highest BCUT2D eigenvalue weighted by molar-refractivity contribution is 7.11. The molecule has 0 radical (unpaired) electrons. The van der Waals surface area contributed by atoms with Gasteiger partial charge in [0, 0.05) is 54.8 Å². The van der Waals surface area contributed by atoms with Crippen LogP contribution in [0.3, 0.4) is 0 Å². The van der Waals surface area contributed by atoms with E-state index in [0.29, 0.717) is 37.0 Å². The highest BCUT2D eigenvalue weighted by Crippen LogP contribution is 2.36. The SMILES string of the molecule is Cc1nc(C)c(CN2CC[C@@H](C(=O)N3CCC(O)(Cn4cnc5c(ccn5-c5ccccc5)c4=O)CC3)[C@H](c3ccccc3)C2)s1. The molecule has 0 aliphatic carbocycles. The van der Waals surface area contributed by atoms with Crippen LogP contribution in [0.25, 0.3) is 16.7 Å². The summed E-state index contributed by atoms with van der Waals surface area (Å²) in [5, 5.41) is 13.2. The zero-order chi connectivity index (χ0) is 31.8. The standard InChI is InChI=1S/C36H40N6O3S/c1-25-32(46-26(2)38-25)22-39-17-13-29(31(21-39)27-9-5-3-6-10-27)34(43)40-19-15-36(45,16-20-40)23-41-24-37-33-30(35(41)44)14-18-42(33)28-11-7-4-8-12-28/h3-12,14,18,24,29,31,45H,13,15-17,19-23H2,1-2H3/t29-,31+/m1/s1. The quantitative estimate of drug-likeness (QED) is 0.273. The zero-order valence-corrected chi connectivity index (χ0v) is 27.2. The van der Waals surface area contributed by atoms with Crippen LogP contribution in [0.15, 0.2) is 84.0 Å². The molecule has 46 heavy (non-hydrogen) atoms. The average molecular weight is 637 g/mol. The molecule has 10 heteroatoms. The van der Waals surface area contributed by atoms with Crippen molar-refractivity contribution >= 4 is 28.3 Å². The fourth-order valence-electron chi connectivity index (χ4n) is 7.24. The van der Waals surface area contributed by atoms with Crippen LogP contribution in [0.2, 0.25) is 0 Å². The highest BCUT2D eigenvalue weighted by Gasteiger charge is 2.41. The predicted molar refractivity (Wildman–Crippen MR) is 180 cm³/mol. The average Bonchev–Trinajstić information content (AvgIpc) is 3.65. The maximum atomic E-state index is 14.1. The predicted octanol–water partition coefficient (Wildman–Crippen LogP) is 4.92. The number of fused-ring (bicyclic) bond motifs is 1. The van der Waals surface area contributed by atoms with E-state index in [4.69, 9.17) is 0 Å². The first-order valence-corrected chi connectivity index (χ1v) is 16.9. The van der Waals surface area contributed by atoms with Crippen molar-refractivity contribution in [2.75, 3.05) is 26.2 Å². The molecule has 1 N–H and O–H groups in total. The molecule has 0 unspecified atom stereocenters. The van der Waals surface area contributed by atoms with Crippen LogP contribution >= 0.6 is 11.3 Å². The third-order valence-electron chi connectivity index (χ3n) is 9.78. The molecule has 2 saturated heterocycles. The number of aliphatic hydroxyl groups is 1. The van der Waals surface area contributed by atoms with E-state index in [2.05, 4.69) is 53.0 Å². The summed E-state index contributed by atoms with van der Waals surface area (Å²) in [7, 11) is 0. The molecule has 9 nitrogen and oxygen atoms in total. The lowest BCUT2D eigenvalue weighted by molar-refractivity contribution is -0.142. The van der Waals surface area contributed by atoms with Gasteiger partial charge in [-0.05, 0) is 63.4 Å². The minimum atomic E-state index is -1.09. The summed E-state index contributed by atoms with van der Waals surface area (Å²) in [6, 6.07) is 22.0. The Hall–Kier alpha value is -4.12. The molecule has 3 aromatic heterocycles. The van der Waals surface area contributed by atoms with E-state index in [9.17, 15) is 14.7 Å². The Morgan fingerprint density at radius 2 is 1.72 bits per heavy atom. The van der Waals surface area contributed by atoms with Crippen molar-refractivity contribution in [3.63, 3.8) is 0 Å². The van der Waals surface area contributed by atoms with Crippen molar-refractivity contribution in [1.29, 1.82) is 0 Å². The molecule has 2 atom stereocenters. The second kappa shape index (κ2) is 12.6. The maximum Gasteiger partial charge on any atom is 0.262 e. The number of nitrogens with zero attached hydrogens (tertiary/aromatic N) is 6.